The van der Waals surface area contributed by atoms with Crippen LogP contribution in [0, 0.1) is 6.92 Å². The molecule has 1 aromatic heterocycles. The molecule has 3 heteroatoms. The number of nitrogens with zero attached hydrogens (tertiary/aromatic N) is 2. The Labute approximate surface area is 104 Å². The van der Waals surface area contributed by atoms with E-state index in [-0.39, 0.29) is 0 Å². The van der Waals surface area contributed by atoms with Crippen molar-refractivity contribution in [2.24, 2.45) is 0 Å². The second-order valence-corrected chi connectivity index (χ2v) is 4.99. The van der Waals surface area contributed by atoms with Gasteiger partial charge in [0.2, 0.25) is 0 Å². The Hall–Kier alpha value is -1.09. The van der Waals surface area contributed by atoms with E-state index in [9.17, 15) is 0 Å². The zero-order valence-electron chi connectivity index (χ0n) is 10.9. The molecule has 1 unspecified atom stereocenters. The summed E-state index contributed by atoms with van der Waals surface area (Å²) < 4.78 is 0. The number of anilines is 1. The number of nitrogens with one attached hydrogen (secondary N) is 1. The summed E-state index contributed by atoms with van der Waals surface area (Å²) in [5.74, 6) is 0.994. The number of piperidine rings is 1. The van der Waals surface area contributed by atoms with E-state index in [4.69, 9.17) is 0 Å². The quantitative estimate of drug-likeness (QED) is 0.866. The molecule has 94 valence electrons. The number of aromatic nitrogens is 1. The molecule has 0 saturated carbocycles. The Morgan fingerprint density at radius 2 is 2.06 bits per heavy atom. The zero-order chi connectivity index (χ0) is 12.1. The number of aryl methyl sites for hydroxylation is 1. The summed E-state index contributed by atoms with van der Waals surface area (Å²) >= 11 is 0. The molecule has 1 saturated heterocycles. The highest BCUT2D eigenvalue weighted by Gasteiger charge is 2.16. The molecule has 0 radical (unpaired) electrons. The number of likely N-dealkylation sites (tertiary alicyclic amines) is 1. The minimum atomic E-state index is 0.595. The molecule has 0 aliphatic carbocycles. The van der Waals surface area contributed by atoms with Gasteiger partial charge in [-0.25, -0.2) is 4.98 Å². The first-order valence-corrected chi connectivity index (χ1v) is 6.67. The van der Waals surface area contributed by atoms with Gasteiger partial charge in [-0.05, 0) is 51.9 Å². The molecule has 0 spiro atoms. The zero-order valence-corrected chi connectivity index (χ0v) is 10.9. The monoisotopic (exact) mass is 233 g/mol. The molecule has 2 rings (SSSR count). The molecular weight excluding hydrogens is 210 g/mol. The maximum atomic E-state index is 4.46. The highest BCUT2D eigenvalue weighted by atomic mass is 15.2. The van der Waals surface area contributed by atoms with Crippen LogP contribution in [0.4, 0.5) is 5.82 Å². The van der Waals surface area contributed by atoms with Crippen molar-refractivity contribution in [2.45, 2.75) is 39.2 Å². The first-order chi connectivity index (χ1) is 8.25. The van der Waals surface area contributed by atoms with Crippen LogP contribution in [-0.2, 0) is 0 Å². The summed E-state index contributed by atoms with van der Waals surface area (Å²) in [4.78, 5) is 7.04. The topological polar surface area (TPSA) is 28.2 Å². The first-order valence-electron chi connectivity index (χ1n) is 6.67. The molecule has 1 aromatic rings. The Kier molecular flexibility index (Phi) is 4.37. The van der Waals surface area contributed by atoms with Gasteiger partial charge in [-0.2, -0.15) is 0 Å². The van der Waals surface area contributed by atoms with E-state index in [1.807, 2.05) is 19.1 Å². The van der Waals surface area contributed by atoms with Crippen molar-refractivity contribution in [3.05, 3.63) is 23.9 Å². The van der Waals surface area contributed by atoms with Crippen LogP contribution in [0.3, 0.4) is 0 Å². The van der Waals surface area contributed by atoms with E-state index in [0.29, 0.717) is 6.04 Å². The SMILES string of the molecule is Cc1cccc(NCC(C)N2CCCCC2)n1. The standard InChI is InChI=1S/C14H23N3/c1-12-7-6-8-14(16-12)15-11-13(2)17-9-4-3-5-10-17/h6-8,13H,3-5,9-11H2,1-2H3,(H,15,16). The lowest BCUT2D eigenvalue weighted by Crippen LogP contribution is -2.41. The van der Waals surface area contributed by atoms with Crippen LogP contribution in [0.1, 0.15) is 31.9 Å². The number of hydrogen-bond acceptors (Lipinski definition) is 3. The maximum Gasteiger partial charge on any atom is 0.126 e. The van der Waals surface area contributed by atoms with E-state index in [1.165, 1.54) is 32.4 Å². The van der Waals surface area contributed by atoms with Crippen molar-refractivity contribution < 1.29 is 0 Å². The lowest BCUT2D eigenvalue weighted by molar-refractivity contribution is 0.180. The van der Waals surface area contributed by atoms with Gasteiger partial charge in [-0.1, -0.05) is 12.5 Å². The van der Waals surface area contributed by atoms with Crippen LogP contribution in [0.25, 0.3) is 0 Å². The van der Waals surface area contributed by atoms with Crippen molar-refractivity contribution in [1.82, 2.24) is 9.88 Å². The first kappa shape index (κ1) is 12.4. The number of rotatable bonds is 4. The van der Waals surface area contributed by atoms with Crippen LogP contribution in [0.2, 0.25) is 0 Å². The van der Waals surface area contributed by atoms with Crippen molar-refractivity contribution in [1.29, 1.82) is 0 Å². The third-order valence-corrected chi connectivity index (χ3v) is 3.48. The maximum absolute atomic E-state index is 4.46. The van der Waals surface area contributed by atoms with Gasteiger partial charge in [0.25, 0.3) is 0 Å². The van der Waals surface area contributed by atoms with Crippen molar-refractivity contribution >= 4 is 5.82 Å². The van der Waals surface area contributed by atoms with Gasteiger partial charge in [-0.15, -0.1) is 0 Å². The van der Waals surface area contributed by atoms with Gasteiger partial charge in [0.15, 0.2) is 0 Å². The van der Waals surface area contributed by atoms with E-state index in [2.05, 4.69) is 28.2 Å². The van der Waals surface area contributed by atoms with Crippen LogP contribution in [-0.4, -0.2) is 35.6 Å². The van der Waals surface area contributed by atoms with Gasteiger partial charge in [0.05, 0.1) is 0 Å². The fourth-order valence-corrected chi connectivity index (χ4v) is 2.38. The fraction of sp³-hybridized carbons (Fsp3) is 0.643. The van der Waals surface area contributed by atoms with E-state index in [1.54, 1.807) is 0 Å². The van der Waals surface area contributed by atoms with Crippen LogP contribution in [0.15, 0.2) is 18.2 Å². The van der Waals surface area contributed by atoms with Gasteiger partial charge in [0.1, 0.15) is 5.82 Å². The number of hydrogen-bond donors (Lipinski definition) is 1. The van der Waals surface area contributed by atoms with Gasteiger partial charge < -0.3 is 5.32 Å². The minimum Gasteiger partial charge on any atom is -0.369 e. The normalized spacial score (nSPS) is 18.9. The second-order valence-electron chi connectivity index (χ2n) is 4.99. The fourth-order valence-electron chi connectivity index (χ4n) is 2.38. The predicted octanol–water partition coefficient (Wildman–Crippen LogP) is 2.68. The van der Waals surface area contributed by atoms with Crippen LogP contribution >= 0.6 is 0 Å². The molecule has 1 aliphatic heterocycles. The van der Waals surface area contributed by atoms with Crippen LogP contribution < -0.4 is 5.32 Å². The smallest absolute Gasteiger partial charge is 0.126 e. The molecule has 1 fully saturated rings. The molecule has 1 atom stereocenters. The van der Waals surface area contributed by atoms with Crippen LogP contribution in [0.5, 0.6) is 0 Å². The van der Waals surface area contributed by atoms with Gasteiger partial charge in [-0.3, -0.25) is 4.90 Å². The van der Waals surface area contributed by atoms with Gasteiger partial charge in [0, 0.05) is 18.3 Å². The predicted molar refractivity (Wildman–Crippen MR) is 72.3 cm³/mol. The third-order valence-electron chi connectivity index (χ3n) is 3.48. The largest absolute Gasteiger partial charge is 0.369 e. The molecule has 3 nitrogen and oxygen atoms in total. The lowest BCUT2D eigenvalue weighted by atomic mass is 10.1. The van der Waals surface area contributed by atoms with E-state index < -0.39 is 0 Å². The van der Waals surface area contributed by atoms with E-state index in [0.717, 1.165) is 18.1 Å². The molecule has 0 amide bonds. The number of pyridine rings is 1. The highest BCUT2D eigenvalue weighted by molar-refractivity contribution is 5.35. The van der Waals surface area contributed by atoms with Crippen molar-refractivity contribution in [3.8, 4) is 0 Å². The van der Waals surface area contributed by atoms with E-state index >= 15 is 0 Å². The highest BCUT2D eigenvalue weighted by Crippen LogP contribution is 2.12. The summed E-state index contributed by atoms with van der Waals surface area (Å²) in [7, 11) is 0. The third kappa shape index (κ3) is 3.70. The van der Waals surface area contributed by atoms with Gasteiger partial charge >= 0.3 is 0 Å². The molecule has 1 N–H and O–H groups in total. The second kappa shape index (κ2) is 6.01. The summed E-state index contributed by atoms with van der Waals surface area (Å²) in [5.41, 5.74) is 1.07. The molecule has 0 bridgehead atoms. The average molecular weight is 233 g/mol. The summed E-state index contributed by atoms with van der Waals surface area (Å²) in [6.07, 6.45) is 4.11. The minimum absolute atomic E-state index is 0.595. The summed E-state index contributed by atoms with van der Waals surface area (Å²) in [5, 5.41) is 3.43. The molecule has 0 aromatic carbocycles. The Bertz CT molecular complexity index is 345. The molecule has 1 aliphatic rings. The molecule has 2 heterocycles. The molecular formula is C14H23N3. The Morgan fingerprint density at radius 3 is 2.76 bits per heavy atom. The lowest BCUT2D eigenvalue weighted by Gasteiger charge is -2.32. The Morgan fingerprint density at radius 1 is 1.29 bits per heavy atom. The summed E-state index contributed by atoms with van der Waals surface area (Å²) in [6, 6.07) is 6.71. The average Bonchev–Trinajstić information content (AvgIpc) is 2.37. The Balaban J connectivity index is 1.80. The molecule has 17 heavy (non-hydrogen) atoms. The van der Waals surface area contributed by atoms with Crippen molar-refractivity contribution in [3.63, 3.8) is 0 Å². The summed E-state index contributed by atoms with van der Waals surface area (Å²) in [6.45, 7) is 7.82. The van der Waals surface area contributed by atoms with Crippen molar-refractivity contribution in [2.75, 3.05) is 25.0 Å².